The third kappa shape index (κ3) is 0.586. The summed E-state index contributed by atoms with van der Waals surface area (Å²) in [5, 5.41) is 0. The van der Waals surface area contributed by atoms with E-state index in [4.69, 9.17) is 0 Å². The Morgan fingerprint density at radius 3 is 2.83 bits per heavy atom. The highest BCUT2D eigenvalue weighted by Crippen LogP contribution is 2.55. The highest BCUT2D eigenvalue weighted by molar-refractivity contribution is 5.93. The van der Waals surface area contributed by atoms with Crippen LogP contribution < -0.4 is 0 Å². The Morgan fingerprint density at radius 1 is 1.17 bits per heavy atom. The van der Waals surface area contributed by atoms with Gasteiger partial charge in [0, 0.05) is 0 Å². The fourth-order valence-electron chi connectivity index (χ4n) is 3.21. The van der Waals surface area contributed by atoms with Gasteiger partial charge in [-0.05, 0) is 31.1 Å². The zero-order chi connectivity index (χ0) is 8.29. The number of cyclic esters (lactones) is 2. The maximum Gasteiger partial charge on any atom is 0.317 e. The molecule has 2 saturated carbocycles. The van der Waals surface area contributed by atoms with Gasteiger partial charge in [0.2, 0.25) is 0 Å². The van der Waals surface area contributed by atoms with Gasteiger partial charge in [-0.1, -0.05) is 0 Å². The Hall–Kier alpha value is -0.860. The Morgan fingerprint density at radius 2 is 2.00 bits per heavy atom. The quantitative estimate of drug-likeness (QED) is 0.393. The molecule has 2 aliphatic carbocycles. The molecule has 3 fully saturated rings. The van der Waals surface area contributed by atoms with Gasteiger partial charge in [-0.2, -0.15) is 0 Å². The van der Waals surface area contributed by atoms with Crippen LogP contribution in [0.3, 0.4) is 0 Å². The second-order valence-corrected chi connectivity index (χ2v) is 4.11. The molecule has 0 radical (unpaired) electrons. The van der Waals surface area contributed by atoms with Crippen molar-refractivity contribution in [2.24, 2.45) is 23.7 Å². The minimum atomic E-state index is -0.261. The first kappa shape index (κ1) is 6.63. The Kier molecular flexibility index (Phi) is 1.05. The van der Waals surface area contributed by atoms with Crippen molar-refractivity contribution < 1.29 is 14.3 Å². The van der Waals surface area contributed by atoms with Crippen molar-refractivity contribution >= 4 is 11.9 Å². The summed E-state index contributed by atoms with van der Waals surface area (Å²) >= 11 is 0. The van der Waals surface area contributed by atoms with Crippen LogP contribution in [0.15, 0.2) is 0 Å². The summed E-state index contributed by atoms with van der Waals surface area (Å²) in [5.74, 6) is 0.423. The molecule has 64 valence electrons. The van der Waals surface area contributed by atoms with Gasteiger partial charge in [-0.3, -0.25) is 9.59 Å². The molecular formula is C9H10O3. The highest BCUT2D eigenvalue weighted by Gasteiger charge is 2.58. The number of ether oxygens (including phenoxy) is 1. The lowest BCUT2D eigenvalue weighted by Crippen LogP contribution is -2.35. The van der Waals surface area contributed by atoms with Gasteiger partial charge in [0.1, 0.15) is 0 Å². The molecule has 1 heterocycles. The van der Waals surface area contributed by atoms with Gasteiger partial charge >= 0.3 is 11.9 Å². The summed E-state index contributed by atoms with van der Waals surface area (Å²) in [7, 11) is 0. The van der Waals surface area contributed by atoms with E-state index in [1.165, 1.54) is 0 Å². The molecule has 3 aliphatic rings. The summed E-state index contributed by atoms with van der Waals surface area (Å²) in [6.45, 7) is 0. The predicted octanol–water partition coefficient (Wildman–Crippen LogP) is 0.732. The number of hydrogen-bond acceptors (Lipinski definition) is 3. The van der Waals surface area contributed by atoms with E-state index in [2.05, 4.69) is 4.74 Å². The molecule has 0 aromatic heterocycles. The van der Waals surface area contributed by atoms with Crippen LogP contribution in [0, 0.1) is 23.7 Å². The molecule has 1 saturated heterocycles. The molecule has 3 heteroatoms. The molecule has 0 N–H and O–H groups in total. The number of carbonyl (C=O) groups excluding carboxylic acids is 2. The molecular weight excluding hydrogens is 156 g/mol. The van der Waals surface area contributed by atoms with Crippen molar-refractivity contribution in [1.82, 2.24) is 0 Å². The van der Waals surface area contributed by atoms with Crippen molar-refractivity contribution in [2.45, 2.75) is 19.3 Å². The van der Waals surface area contributed by atoms with Gasteiger partial charge in [-0.25, -0.2) is 0 Å². The van der Waals surface area contributed by atoms with Gasteiger partial charge in [0.05, 0.1) is 11.8 Å². The third-order valence-electron chi connectivity index (χ3n) is 3.69. The average Bonchev–Trinajstić information content (AvgIpc) is 2.55. The van der Waals surface area contributed by atoms with E-state index in [9.17, 15) is 9.59 Å². The summed E-state index contributed by atoms with van der Waals surface area (Å²) in [6.07, 6.45) is 3.08. The summed E-state index contributed by atoms with van der Waals surface area (Å²) in [4.78, 5) is 22.5. The van der Waals surface area contributed by atoms with Crippen molar-refractivity contribution in [1.29, 1.82) is 0 Å². The Bertz CT molecular complexity index is 271. The van der Waals surface area contributed by atoms with E-state index in [1.54, 1.807) is 0 Å². The molecule has 1 aliphatic heterocycles. The zero-order valence-corrected chi connectivity index (χ0v) is 6.66. The van der Waals surface area contributed by atoms with E-state index in [0.717, 1.165) is 19.3 Å². The van der Waals surface area contributed by atoms with Crippen LogP contribution in [0.1, 0.15) is 19.3 Å². The molecule has 3 nitrogen and oxygen atoms in total. The second-order valence-electron chi connectivity index (χ2n) is 4.11. The van der Waals surface area contributed by atoms with E-state index < -0.39 is 0 Å². The lowest BCUT2D eigenvalue weighted by Gasteiger charge is -2.23. The molecule has 4 unspecified atom stereocenters. The normalized spacial score (nSPS) is 49.7. The predicted molar refractivity (Wildman–Crippen MR) is 38.9 cm³/mol. The first-order chi connectivity index (χ1) is 5.77. The molecule has 3 rings (SSSR count). The monoisotopic (exact) mass is 166 g/mol. The maximum absolute atomic E-state index is 11.3. The topological polar surface area (TPSA) is 43.4 Å². The van der Waals surface area contributed by atoms with Crippen molar-refractivity contribution in [2.75, 3.05) is 0 Å². The van der Waals surface area contributed by atoms with Crippen LogP contribution in [0.25, 0.3) is 0 Å². The zero-order valence-electron chi connectivity index (χ0n) is 6.66. The van der Waals surface area contributed by atoms with E-state index in [1.807, 2.05) is 0 Å². The lowest BCUT2D eigenvalue weighted by atomic mass is 9.87. The van der Waals surface area contributed by atoms with Crippen molar-refractivity contribution in [3.05, 3.63) is 0 Å². The Balaban J connectivity index is 2.05. The minimum absolute atomic E-state index is 0.0615. The molecule has 0 aromatic carbocycles. The van der Waals surface area contributed by atoms with E-state index >= 15 is 0 Å². The van der Waals surface area contributed by atoms with Crippen LogP contribution in [0.2, 0.25) is 0 Å². The van der Waals surface area contributed by atoms with Crippen LogP contribution >= 0.6 is 0 Å². The van der Waals surface area contributed by atoms with Crippen LogP contribution in [-0.4, -0.2) is 11.9 Å². The molecule has 12 heavy (non-hydrogen) atoms. The smallest absolute Gasteiger partial charge is 0.317 e. The maximum atomic E-state index is 11.3. The summed E-state index contributed by atoms with van der Waals surface area (Å²) in [6, 6.07) is 0. The molecule has 0 aromatic rings. The number of rotatable bonds is 0. The summed E-state index contributed by atoms with van der Waals surface area (Å²) < 4.78 is 4.68. The average molecular weight is 166 g/mol. The Labute approximate surface area is 70.1 Å². The van der Waals surface area contributed by atoms with E-state index in [0.29, 0.717) is 11.8 Å². The van der Waals surface area contributed by atoms with Gasteiger partial charge in [-0.15, -0.1) is 0 Å². The standard InChI is InChI=1S/C9H10O3/c10-8-6-3-4-1-2-5(6)7(4)9(11)12-8/h4-7H,1-3H2. The van der Waals surface area contributed by atoms with Gasteiger partial charge in [0.25, 0.3) is 0 Å². The SMILES string of the molecule is O=C1OC(=O)C2C3CCC2C1C3. The van der Waals surface area contributed by atoms with Gasteiger partial charge < -0.3 is 4.74 Å². The summed E-state index contributed by atoms with van der Waals surface area (Å²) in [5.41, 5.74) is 0. The first-order valence-electron chi connectivity index (χ1n) is 4.53. The molecule has 0 spiro atoms. The van der Waals surface area contributed by atoms with Crippen LogP contribution in [-0.2, 0) is 14.3 Å². The highest BCUT2D eigenvalue weighted by atomic mass is 16.6. The number of carbonyl (C=O) groups is 2. The van der Waals surface area contributed by atoms with Crippen molar-refractivity contribution in [3.63, 3.8) is 0 Å². The molecule has 0 amide bonds. The number of hydrogen-bond donors (Lipinski definition) is 0. The molecule has 4 atom stereocenters. The fourth-order valence-corrected chi connectivity index (χ4v) is 3.21. The minimum Gasteiger partial charge on any atom is -0.393 e. The van der Waals surface area contributed by atoms with Gasteiger partial charge in [0.15, 0.2) is 0 Å². The first-order valence-corrected chi connectivity index (χ1v) is 4.53. The third-order valence-corrected chi connectivity index (χ3v) is 3.69. The van der Waals surface area contributed by atoms with Crippen LogP contribution in [0.5, 0.6) is 0 Å². The van der Waals surface area contributed by atoms with E-state index in [-0.39, 0.29) is 23.8 Å². The number of esters is 2. The molecule has 4 bridgehead atoms. The second kappa shape index (κ2) is 1.90. The lowest BCUT2D eigenvalue weighted by molar-refractivity contribution is -0.171. The fraction of sp³-hybridized carbons (Fsp3) is 0.778. The van der Waals surface area contributed by atoms with Crippen molar-refractivity contribution in [3.8, 4) is 0 Å². The largest absolute Gasteiger partial charge is 0.393 e. The van der Waals surface area contributed by atoms with Crippen LogP contribution in [0.4, 0.5) is 0 Å².